The summed E-state index contributed by atoms with van der Waals surface area (Å²) in [5.41, 5.74) is 0. The van der Waals surface area contributed by atoms with Crippen LogP contribution in [0, 0.1) is 0 Å². The number of methoxy groups -OCH3 is 1. The molecule has 72 valence electrons. The summed E-state index contributed by atoms with van der Waals surface area (Å²) in [6.45, 7) is 5.35. The van der Waals surface area contributed by atoms with E-state index in [0.717, 1.165) is 0 Å². The van der Waals surface area contributed by atoms with Crippen molar-refractivity contribution >= 4 is 5.97 Å². The topological polar surface area (TPSA) is 58.6 Å². The Morgan fingerprint density at radius 3 is 2.17 bits per heavy atom. The van der Waals surface area contributed by atoms with Gasteiger partial charge < -0.3 is 15.2 Å². The summed E-state index contributed by atoms with van der Waals surface area (Å²) in [4.78, 5) is 11.0. The van der Waals surface area contributed by atoms with Crippen LogP contribution in [0.2, 0.25) is 0 Å². The van der Waals surface area contributed by atoms with Gasteiger partial charge in [0, 0.05) is 6.04 Å². The van der Waals surface area contributed by atoms with Gasteiger partial charge in [0.05, 0.1) is 13.2 Å². The molecule has 0 aliphatic rings. The van der Waals surface area contributed by atoms with Crippen molar-refractivity contribution in [3.05, 3.63) is 0 Å². The highest BCUT2D eigenvalue weighted by atomic mass is 16.5. The number of aliphatic hydroxyl groups is 1. The van der Waals surface area contributed by atoms with Crippen molar-refractivity contribution < 1.29 is 14.6 Å². The van der Waals surface area contributed by atoms with Crippen LogP contribution in [-0.4, -0.2) is 36.4 Å². The number of nitrogens with one attached hydrogen (secondary N) is 1. The SMILES string of the molecule is COC(=O)[C@H](NC(C)C)[C@H](C)O. The van der Waals surface area contributed by atoms with Gasteiger partial charge in [0.25, 0.3) is 0 Å². The molecule has 0 saturated carbocycles. The first-order valence-electron chi connectivity index (χ1n) is 4.01. The van der Waals surface area contributed by atoms with E-state index in [0.29, 0.717) is 0 Å². The Hall–Kier alpha value is -0.610. The summed E-state index contributed by atoms with van der Waals surface area (Å²) in [5, 5.41) is 12.1. The van der Waals surface area contributed by atoms with Crippen LogP contribution in [0.4, 0.5) is 0 Å². The Labute approximate surface area is 72.9 Å². The van der Waals surface area contributed by atoms with Crippen molar-refractivity contribution in [1.82, 2.24) is 5.32 Å². The smallest absolute Gasteiger partial charge is 0.325 e. The number of carbonyl (C=O) groups excluding carboxylic acids is 1. The fourth-order valence-electron chi connectivity index (χ4n) is 0.890. The van der Waals surface area contributed by atoms with E-state index in [1.807, 2.05) is 13.8 Å². The van der Waals surface area contributed by atoms with Gasteiger partial charge in [-0.3, -0.25) is 4.79 Å². The van der Waals surface area contributed by atoms with Gasteiger partial charge >= 0.3 is 5.97 Å². The normalized spacial score (nSPS) is 15.8. The maximum atomic E-state index is 11.0. The molecule has 12 heavy (non-hydrogen) atoms. The summed E-state index contributed by atoms with van der Waals surface area (Å²) < 4.78 is 4.51. The third kappa shape index (κ3) is 3.69. The van der Waals surface area contributed by atoms with Crippen LogP contribution in [-0.2, 0) is 9.53 Å². The van der Waals surface area contributed by atoms with Crippen LogP contribution in [0.25, 0.3) is 0 Å². The van der Waals surface area contributed by atoms with Gasteiger partial charge in [0.2, 0.25) is 0 Å². The Balaban J connectivity index is 4.13. The summed E-state index contributed by atoms with van der Waals surface area (Å²) >= 11 is 0. The molecule has 4 nitrogen and oxygen atoms in total. The quantitative estimate of drug-likeness (QED) is 0.586. The Morgan fingerprint density at radius 2 is 1.92 bits per heavy atom. The van der Waals surface area contributed by atoms with E-state index in [-0.39, 0.29) is 6.04 Å². The van der Waals surface area contributed by atoms with Crippen LogP contribution < -0.4 is 5.32 Å². The first-order valence-corrected chi connectivity index (χ1v) is 4.01. The van der Waals surface area contributed by atoms with E-state index in [4.69, 9.17) is 0 Å². The predicted octanol–water partition coefficient (Wildman–Crippen LogP) is -0.0932. The van der Waals surface area contributed by atoms with Gasteiger partial charge in [-0.1, -0.05) is 13.8 Å². The third-order valence-electron chi connectivity index (χ3n) is 1.45. The van der Waals surface area contributed by atoms with Crippen molar-refractivity contribution in [1.29, 1.82) is 0 Å². The lowest BCUT2D eigenvalue weighted by Crippen LogP contribution is -2.48. The van der Waals surface area contributed by atoms with Crippen molar-refractivity contribution in [3.63, 3.8) is 0 Å². The molecule has 0 heterocycles. The van der Waals surface area contributed by atoms with Crippen molar-refractivity contribution in [3.8, 4) is 0 Å². The monoisotopic (exact) mass is 175 g/mol. The summed E-state index contributed by atoms with van der Waals surface area (Å²) in [6.07, 6.45) is -0.736. The largest absolute Gasteiger partial charge is 0.468 e. The Kier molecular flexibility index (Phi) is 4.85. The van der Waals surface area contributed by atoms with Crippen LogP contribution in [0.15, 0.2) is 0 Å². The molecule has 0 saturated heterocycles. The molecule has 0 aromatic heterocycles. The number of rotatable bonds is 4. The van der Waals surface area contributed by atoms with Gasteiger partial charge in [-0.05, 0) is 6.92 Å². The fourth-order valence-corrected chi connectivity index (χ4v) is 0.890. The van der Waals surface area contributed by atoms with Crippen LogP contribution >= 0.6 is 0 Å². The van der Waals surface area contributed by atoms with E-state index in [9.17, 15) is 9.90 Å². The maximum Gasteiger partial charge on any atom is 0.325 e. The molecule has 2 N–H and O–H groups in total. The number of hydrogen-bond acceptors (Lipinski definition) is 4. The maximum absolute atomic E-state index is 11.0. The van der Waals surface area contributed by atoms with Crippen LogP contribution in [0.5, 0.6) is 0 Å². The van der Waals surface area contributed by atoms with Crippen molar-refractivity contribution in [2.24, 2.45) is 0 Å². The van der Waals surface area contributed by atoms with Crippen molar-refractivity contribution in [2.75, 3.05) is 7.11 Å². The average Bonchev–Trinajstić information content (AvgIpc) is 1.98. The highest BCUT2D eigenvalue weighted by molar-refractivity contribution is 5.76. The van der Waals surface area contributed by atoms with Crippen LogP contribution in [0.1, 0.15) is 20.8 Å². The standard InChI is InChI=1S/C8H17NO3/c1-5(2)9-7(6(3)10)8(11)12-4/h5-7,9-10H,1-4H3/t6-,7+/m0/s1. The number of esters is 1. The van der Waals surface area contributed by atoms with E-state index >= 15 is 0 Å². The molecule has 0 rings (SSSR count). The van der Waals surface area contributed by atoms with Gasteiger partial charge in [-0.25, -0.2) is 0 Å². The fraction of sp³-hybridized carbons (Fsp3) is 0.875. The molecule has 0 aromatic rings. The molecule has 0 radical (unpaired) electrons. The molecule has 0 aromatic carbocycles. The number of aliphatic hydroxyl groups excluding tert-OH is 1. The Morgan fingerprint density at radius 1 is 1.42 bits per heavy atom. The highest BCUT2D eigenvalue weighted by Gasteiger charge is 2.24. The third-order valence-corrected chi connectivity index (χ3v) is 1.45. The van der Waals surface area contributed by atoms with E-state index in [2.05, 4.69) is 10.1 Å². The second kappa shape index (κ2) is 5.11. The average molecular weight is 175 g/mol. The zero-order valence-electron chi connectivity index (χ0n) is 8.00. The lowest BCUT2D eigenvalue weighted by atomic mass is 10.1. The molecule has 0 amide bonds. The molecule has 0 fully saturated rings. The van der Waals surface area contributed by atoms with E-state index < -0.39 is 18.1 Å². The number of carbonyl (C=O) groups is 1. The first-order chi connectivity index (χ1) is 5.49. The highest BCUT2D eigenvalue weighted by Crippen LogP contribution is 1.97. The number of ether oxygens (including phenoxy) is 1. The first kappa shape index (κ1) is 11.4. The van der Waals surface area contributed by atoms with E-state index in [1.54, 1.807) is 6.92 Å². The zero-order chi connectivity index (χ0) is 9.72. The molecule has 4 heteroatoms. The lowest BCUT2D eigenvalue weighted by molar-refractivity contribution is -0.146. The van der Waals surface area contributed by atoms with Crippen molar-refractivity contribution in [2.45, 2.75) is 39.0 Å². The van der Waals surface area contributed by atoms with Gasteiger partial charge in [-0.15, -0.1) is 0 Å². The lowest BCUT2D eigenvalue weighted by Gasteiger charge is -2.21. The molecule has 0 aliphatic carbocycles. The van der Waals surface area contributed by atoms with Gasteiger partial charge in [0.1, 0.15) is 6.04 Å². The zero-order valence-corrected chi connectivity index (χ0v) is 8.00. The molecule has 2 atom stereocenters. The molecule has 0 aliphatic heterocycles. The second-order valence-corrected chi connectivity index (χ2v) is 3.06. The van der Waals surface area contributed by atoms with E-state index in [1.165, 1.54) is 7.11 Å². The Bertz CT molecular complexity index is 145. The molecule has 0 bridgehead atoms. The number of hydrogen-bond donors (Lipinski definition) is 2. The minimum atomic E-state index is -0.736. The second-order valence-electron chi connectivity index (χ2n) is 3.06. The van der Waals surface area contributed by atoms with Crippen LogP contribution in [0.3, 0.4) is 0 Å². The summed E-state index contributed by atoms with van der Waals surface area (Å²) in [5.74, 6) is -0.432. The van der Waals surface area contributed by atoms with Gasteiger partial charge in [0.15, 0.2) is 0 Å². The summed E-state index contributed by atoms with van der Waals surface area (Å²) in [6, 6.07) is -0.487. The molecule has 0 unspecified atom stereocenters. The molecule has 0 spiro atoms. The summed E-state index contributed by atoms with van der Waals surface area (Å²) in [7, 11) is 1.31. The predicted molar refractivity (Wildman–Crippen MR) is 45.8 cm³/mol. The van der Waals surface area contributed by atoms with Gasteiger partial charge in [-0.2, -0.15) is 0 Å². The minimum Gasteiger partial charge on any atom is -0.468 e. The molecular formula is C8H17NO3. The minimum absolute atomic E-state index is 0.142. The molecular weight excluding hydrogens is 158 g/mol.